The number of furan rings is 1. The van der Waals surface area contributed by atoms with E-state index in [0.29, 0.717) is 17.1 Å². The summed E-state index contributed by atoms with van der Waals surface area (Å²) in [6.45, 7) is 5.30. The van der Waals surface area contributed by atoms with Crippen LogP contribution in [-0.4, -0.2) is 26.2 Å². The van der Waals surface area contributed by atoms with Gasteiger partial charge in [0.15, 0.2) is 11.4 Å². The second-order valence-corrected chi connectivity index (χ2v) is 17.2. The molecule has 0 atom stereocenters. The molecule has 0 fully saturated rings. The molecule has 1 N–H and O–H groups in total. The van der Waals surface area contributed by atoms with Crippen molar-refractivity contribution < 1.29 is 41.7 Å². The predicted molar refractivity (Wildman–Crippen MR) is 119 cm³/mol. The molecule has 32 heavy (non-hydrogen) atoms. The summed E-state index contributed by atoms with van der Waals surface area (Å²) in [5, 5.41) is 31.7. The van der Waals surface area contributed by atoms with Crippen LogP contribution >= 0.6 is 25.5 Å². The van der Waals surface area contributed by atoms with E-state index in [9.17, 15) is 25.3 Å². The van der Waals surface area contributed by atoms with Gasteiger partial charge in [-0.05, 0) is 6.07 Å². The molecule has 0 spiro atoms. The van der Waals surface area contributed by atoms with Gasteiger partial charge in [-0.2, -0.15) is 0 Å². The molecule has 0 saturated heterocycles. The van der Waals surface area contributed by atoms with E-state index in [1.54, 1.807) is 24.3 Å². The summed E-state index contributed by atoms with van der Waals surface area (Å²) in [7, 11) is 18.9. The van der Waals surface area contributed by atoms with Crippen LogP contribution in [0.2, 0.25) is 0 Å². The summed E-state index contributed by atoms with van der Waals surface area (Å²) in [6, 6.07) is 13.0. The van der Waals surface area contributed by atoms with Crippen molar-refractivity contribution in [3.8, 4) is 17.1 Å². The van der Waals surface area contributed by atoms with Gasteiger partial charge in [-0.3, -0.25) is 24.8 Å². The molecule has 0 amide bonds. The van der Waals surface area contributed by atoms with Gasteiger partial charge < -0.3 is 9.15 Å². The number of nitro groups is 2. The number of hydrogen-bond acceptors (Lipinski definition) is 5. The first-order chi connectivity index (χ1) is 15.0. The quantitative estimate of drug-likeness (QED) is 0.0906. The van der Waals surface area contributed by atoms with E-state index < -0.39 is 28.0 Å². The summed E-state index contributed by atoms with van der Waals surface area (Å²) in [5.74, 6) is 0.978. The van der Waals surface area contributed by atoms with E-state index in [-0.39, 0.29) is 22.8 Å². The molecular weight excluding hydrogens is 564 g/mol. The van der Waals surface area contributed by atoms with Crippen molar-refractivity contribution in [3.63, 3.8) is 0 Å². The Morgan fingerprint density at radius 1 is 0.969 bits per heavy atom. The molecule has 0 aliphatic carbocycles. The van der Waals surface area contributed by atoms with Gasteiger partial charge in [-0.15, -0.1) is 0 Å². The minimum absolute atomic E-state index is 0.0206. The zero-order valence-corrected chi connectivity index (χ0v) is 20.9. The summed E-state index contributed by atoms with van der Waals surface area (Å²) in [5.41, 5.74) is 0.638. The van der Waals surface area contributed by atoms with Gasteiger partial charge in [-0.1, -0.05) is 24.3 Å². The third-order valence-electron chi connectivity index (χ3n) is 4.07. The molecule has 13 heteroatoms. The van der Waals surface area contributed by atoms with Gasteiger partial charge in [-0.25, -0.2) is 0 Å². The van der Waals surface area contributed by atoms with E-state index in [1.165, 1.54) is 41.5 Å². The van der Waals surface area contributed by atoms with Gasteiger partial charge in [0.25, 0.3) is 11.4 Å². The molecule has 0 saturated carbocycles. The minimum atomic E-state index is -2.13. The number of hydrogen-bond donors (Lipinski definition) is 1. The number of non-ortho nitro benzene ring substituents is 2. The molecule has 1 aromatic heterocycles. The Balaban J connectivity index is 0.000000837. The van der Waals surface area contributed by atoms with Crippen molar-refractivity contribution in [1.29, 1.82) is 0 Å². The zero-order chi connectivity index (χ0) is 24.0. The van der Waals surface area contributed by atoms with Crippen molar-refractivity contribution in [2.45, 2.75) is 0 Å². The van der Waals surface area contributed by atoms with E-state index in [4.69, 9.17) is 25.5 Å². The van der Waals surface area contributed by atoms with E-state index in [0.717, 1.165) is 0 Å². The molecule has 9 nitrogen and oxygen atoms in total. The number of phenolic OH excluding ortho intramolecular Hbond substituents is 1. The fourth-order valence-corrected chi connectivity index (χ4v) is 2.62. The molecular formula is C19H15Cl3N3O6Zr. The predicted octanol–water partition coefficient (Wildman–Crippen LogP) is 6.42. The van der Waals surface area contributed by atoms with Crippen LogP contribution in [0.5, 0.6) is 5.75 Å². The number of aromatic hydroxyl groups is 1. The van der Waals surface area contributed by atoms with Crippen LogP contribution in [0.3, 0.4) is 0 Å². The fourth-order valence-electron chi connectivity index (χ4n) is 2.62. The van der Waals surface area contributed by atoms with Crippen molar-refractivity contribution in [3.05, 3.63) is 94.2 Å². The van der Waals surface area contributed by atoms with Crippen LogP contribution in [0, 0.1) is 33.9 Å². The summed E-state index contributed by atoms with van der Waals surface area (Å²) in [4.78, 5) is 20.7. The number of nitro benzene ring substituents is 2. The van der Waals surface area contributed by atoms with Crippen LogP contribution in [0.1, 0.15) is 5.76 Å². The van der Waals surface area contributed by atoms with Crippen molar-refractivity contribution >= 4 is 49.3 Å². The normalized spacial score (nSPS) is 9.97. The average Bonchev–Trinajstić information content (AvgIpc) is 3.07. The second kappa shape index (κ2) is 11.4. The number of nitrogens with zero attached hydrogens (tertiary/aromatic N) is 3. The zero-order valence-electron chi connectivity index (χ0n) is 16.2. The monoisotopic (exact) mass is 576 g/mol. The number of benzene rings is 2. The summed E-state index contributed by atoms with van der Waals surface area (Å²) in [6.07, 6.45) is 0. The molecule has 0 radical (unpaired) electrons. The van der Waals surface area contributed by atoms with Crippen LogP contribution < -0.4 is 0 Å². The van der Waals surface area contributed by atoms with Gasteiger partial charge in [0, 0.05) is 29.8 Å². The summed E-state index contributed by atoms with van der Waals surface area (Å²) >= 11 is -2.13. The van der Waals surface area contributed by atoms with Crippen molar-refractivity contribution in [1.82, 2.24) is 0 Å². The summed E-state index contributed by atoms with van der Waals surface area (Å²) < 4.78 is 3.81. The Labute approximate surface area is 201 Å². The Hall–Kier alpha value is -2.52. The fraction of sp³-hybridized carbons (Fsp3) is 0. The van der Waals surface area contributed by atoms with Gasteiger partial charge in [0.2, 0.25) is 0 Å². The molecule has 0 bridgehead atoms. The van der Waals surface area contributed by atoms with E-state index in [2.05, 4.69) is 17.9 Å². The van der Waals surface area contributed by atoms with E-state index >= 15 is 0 Å². The van der Waals surface area contributed by atoms with Crippen LogP contribution in [-0.2, 0) is 18.2 Å². The molecule has 3 rings (SSSR count). The Bertz CT molecular complexity index is 1150. The third-order valence-corrected chi connectivity index (χ3v) is 4.07. The van der Waals surface area contributed by atoms with Crippen molar-refractivity contribution in [2.24, 2.45) is 0 Å². The van der Waals surface area contributed by atoms with Crippen molar-refractivity contribution in [2.75, 3.05) is 0 Å². The Kier molecular flexibility index (Phi) is 9.15. The molecule has 0 unspecified atom stereocenters. The molecule has 1 heterocycles. The molecule has 2 aromatic carbocycles. The van der Waals surface area contributed by atoms with Gasteiger partial charge >= 0.3 is 43.7 Å². The number of rotatable bonds is 6. The topological polar surface area (TPSA) is 112 Å². The molecule has 0 aliphatic heterocycles. The number of phenols is 1. The SMILES string of the molecule is C=[N+]([CH-]c1ccc(-c2ccc([N+](=O)[O-])cc2)[o+]1[CH2-])c1cc([N+](=O)[O-])ccc1O.[Cl][Zr]([Cl])[Cl]. The van der Waals surface area contributed by atoms with Crippen LogP contribution in [0.15, 0.2) is 58.6 Å². The number of halogens is 3. The molecule has 0 aliphatic rings. The average molecular weight is 579 g/mol. The molecule has 3 aromatic rings. The second-order valence-electron chi connectivity index (χ2n) is 6.04. The Morgan fingerprint density at radius 3 is 2.03 bits per heavy atom. The first kappa shape index (κ1) is 25.7. The standard InChI is InChI=1S/C19H15N3O6.3ClH.Zr/c1-20(17-11-15(22(26)27)7-9-18(17)23)12-16-8-10-19(28(16)2)13-3-5-14(6-4-13)21(24)25;;;;/h3-12,23H,1-2H2;3*1H;/q;;;;+3/p-3. The first-order valence-corrected chi connectivity index (χ1v) is 18.0. The molecule has 167 valence electrons. The van der Waals surface area contributed by atoms with Crippen LogP contribution in [0.4, 0.5) is 17.1 Å². The maximum atomic E-state index is 10.9. The van der Waals surface area contributed by atoms with E-state index in [1.807, 2.05) is 0 Å². The Morgan fingerprint density at radius 2 is 1.50 bits per heavy atom. The van der Waals surface area contributed by atoms with Gasteiger partial charge in [0.1, 0.15) is 18.1 Å². The third kappa shape index (κ3) is 6.74. The van der Waals surface area contributed by atoms with Crippen LogP contribution in [0.25, 0.3) is 11.3 Å². The maximum absolute atomic E-state index is 10.9. The first-order valence-electron chi connectivity index (χ1n) is 8.47. The van der Waals surface area contributed by atoms with Gasteiger partial charge in [0.05, 0.1) is 23.7 Å².